The molecule has 8 heteroatoms. The van der Waals surface area contributed by atoms with Gasteiger partial charge in [0.05, 0.1) is 18.8 Å². The van der Waals surface area contributed by atoms with Crippen LogP contribution >= 0.6 is 0 Å². The monoisotopic (exact) mass is 585 g/mol. The van der Waals surface area contributed by atoms with E-state index in [0.29, 0.717) is 31.7 Å². The van der Waals surface area contributed by atoms with Crippen LogP contribution in [0.25, 0.3) is 0 Å². The van der Waals surface area contributed by atoms with Gasteiger partial charge in [0.15, 0.2) is 0 Å². The number of amides is 3. The molecule has 3 amide bonds. The summed E-state index contributed by atoms with van der Waals surface area (Å²) in [5.41, 5.74) is 3.35. The number of ether oxygens (including phenoxy) is 2. The molecule has 2 atom stereocenters. The summed E-state index contributed by atoms with van der Waals surface area (Å²) in [6.45, 7) is 7.85. The number of rotatable bonds is 10. The van der Waals surface area contributed by atoms with Crippen molar-refractivity contribution in [3.05, 3.63) is 95.6 Å². The predicted octanol–water partition coefficient (Wildman–Crippen LogP) is 5.92. The summed E-state index contributed by atoms with van der Waals surface area (Å²) >= 11 is 0. The molecular weight excluding hydrogens is 542 g/mol. The van der Waals surface area contributed by atoms with E-state index in [-0.39, 0.29) is 5.91 Å². The Balaban J connectivity index is 1.49. The molecule has 0 unspecified atom stereocenters. The lowest BCUT2D eigenvalue weighted by Gasteiger charge is -2.30. The van der Waals surface area contributed by atoms with Gasteiger partial charge >= 0.3 is 6.09 Å². The lowest BCUT2D eigenvalue weighted by atomic mass is 10.1. The number of carbonyl (C=O) groups is 3. The van der Waals surface area contributed by atoms with E-state index in [1.807, 2.05) is 66.7 Å². The second kappa shape index (κ2) is 14.2. The number of nitrogens with one attached hydrogen (secondary N) is 1. The number of anilines is 1. The first-order valence-electron chi connectivity index (χ1n) is 14.9. The Bertz CT molecular complexity index is 1390. The SMILES string of the molecule is C[C@@H](C(=O)N[C@H]1CCc2ccc(OCCCc3ccccc3)cc2N(Cc2ccccc2)C1=O)N(C)C(=O)OC(C)(C)C. The summed E-state index contributed by atoms with van der Waals surface area (Å²) in [4.78, 5) is 42.9. The highest BCUT2D eigenvalue weighted by Gasteiger charge is 2.34. The number of benzene rings is 3. The van der Waals surface area contributed by atoms with Crippen molar-refractivity contribution in [1.82, 2.24) is 10.2 Å². The van der Waals surface area contributed by atoms with Crippen LogP contribution in [0, 0.1) is 0 Å². The highest BCUT2D eigenvalue weighted by Crippen LogP contribution is 2.32. The van der Waals surface area contributed by atoms with Crippen LogP contribution in [-0.4, -0.2) is 54.1 Å². The van der Waals surface area contributed by atoms with Crippen LogP contribution in [0.4, 0.5) is 10.5 Å². The van der Waals surface area contributed by atoms with Crippen molar-refractivity contribution in [3.63, 3.8) is 0 Å². The first-order valence-corrected chi connectivity index (χ1v) is 14.9. The van der Waals surface area contributed by atoms with E-state index in [1.54, 1.807) is 32.6 Å². The van der Waals surface area contributed by atoms with Gasteiger partial charge in [0, 0.05) is 13.1 Å². The Morgan fingerprint density at radius 2 is 1.65 bits per heavy atom. The molecule has 8 nitrogen and oxygen atoms in total. The van der Waals surface area contributed by atoms with E-state index >= 15 is 0 Å². The second-order valence-corrected chi connectivity index (χ2v) is 12.0. The quantitative estimate of drug-likeness (QED) is 0.299. The van der Waals surface area contributed by atoms with Crippen molar-refractivity contribution in [3.8, 4) is 5.75 Å². The molecule has 0 aliphatic carbocycles. The van der Waals surface area contributed by atoms with Crippen LogP contribution in [0.1, 0.15) is 57.2 Å². The van der Waals surface area contributed by atoms with Gasteiger partial charge < -0.3 is 19.7 Å². The van der Waals surface area contributed by atoms with Gasteiger partial charge in [0.25, 0.3) is 0 Å². The normalized spacial score (nSPS) is 15.6. The molecule has 228 valence electrons. The average Bonchev–Trinajstić information content (AvgIpc) is 3.11. The number of fused-ring (bicyclic) bond motifs is 1. The van der Waals surface area contributed by atoms with Crippen LogP contribution in [0.2, 0.25) is 0 Å². The molecule has 4 rings (SSSR count). The van der Waals surface area contributed by atoms with Crippen molar-refractivity contribution in [1.29, 1.82) is 0 Å². The van der Waals surface area contributed by atoms with E-state index < -0.39 is 29.7 Å². The summed E-state index contributed by atoms with van der Waals surface area (Å²) in [7, 11) is 1.52. The molecule has 3 aromatic rings. The summed E-state index contributed by atoms with van der Waals surface area (Å²) in [6, 6.07) is 24.4. The van der Waals surface area contributed by atoms with Gasteiger partial charge in [0.2, 0.25) is 11.8 Å². The fraction of sp³-hybridized carbons (Fsp3) is 0.400. The smallest absolute Gasteiger partial charge is 0.410 e. The number of hydrogen-bond acceptors (Lipinski definition) is 5. The van der Waals surface area contributed by atoms with Gasteiger partial charge in [-0.1, -0.05) is 66.7 Å². The van der Waals surface area contributed by atoms with Crippen molar-refractivity contribution in [2.75, 3.05) is 18.6 Å². The van der Waals surface area contributed by atoms with Crippen LogP contribution in [0.3, 0.4) is 0 Å². The molecule has 1 aliphatic rings. The molecule has 1 N–H and O–H groups in total. The van der Waals surface area contributed by atoms with Crippen LogP contribution in [-0.2, 0) is 33.7 Å². The fourth-order valence-corrected chi connectivity index (χ4v) is 4.96. The summed E-state index contributed by atoms with van der Waals surface area (Å²) in [5, 5.41) is 2.92. The maximum Gasteiger partial charge on any atom is 0.410 e. The molecule has 3 aromatic carbocycles. The molecule has 1 aliphatic heterocycles. The molecule has 0 saturated carbocycles. The zero-order valence-electron chi connectivity index (χ0n) is 25.8. The summed E-state index contributed by atoms with van der Waals surface area (Å²) < 4.78 is 11.5. The summed E-state index contributed by atoms with van der Waals surface area (Å²) in [5.74, 6) is 0.0804. The number of aryl methyl sites for hydroxylation is 2. The zero-order valence-corrected chi connectivity index (χ0v) is 25.8. The first-order chi connectivity index (χ1) is 20.5. The van der Waals surface area contributed by atoms with Gasteiger partial charge in [-0.15, -0.1) is 0 Å². The molecule has 1 heterocycles. The fourth-order valence-electron chi connectivity index (χ4n) is 4.96. The maximum atomic E-state index is 14.1. The Morgan fingerprint density at radius 3 is 2.30 bits per heavy atom. The number of carbonyl (C=O) groups excluding carboxylic acids is 3. The van der Waals surface area contributed by atoms with Crippen molar-refractivity contribution >= 4 is 23.6 Å². The van der Waals surface area contributed by atoms with Gasteiger partial charge in [0.1, 0.15) is 23.4 Å². The van der Waals surface area contributed by atoms with Gasteiger partial charge in [-0.25, -0.2) is 4.79 Å². The van der Waals surface area contributed by atoms with Gasteiger partial charge in [-0.2, -0.15) is 0 Å². The van der Waals surface area contributed by atoms with Crippen molar-refractivity contribution in [2.24, 2.45) is 0 Å². The molecule has 0 spiro atoms. The third-order valence-electron chi connectivity index (χ3n) is 7.48. The molecule has 0 aromatic heterocycles. The van der Waals surface area contributed by atoms with Crippen molar-refractivity contribution < 1.29 is 23.9 Å². The third-order valence-corrected chi connectivity index (χ3v) is 7.48. The van der Waals surface area contributed by atoms with E-state index in [4.69, 9.17) is 9.47 Å². The molecule has 0 radical (unpaired) electrons. The van der Waals surface area contributed by atoms with Crippen LogP contribution in [0.5, 0.6) is 5.75 Å². The standard InChI is InChI=1S/C35H43N3O5/c1-25(37(5)34(41)43-35(2,3)4)32(39)36-30-21-19-28-18-20-29(42-22-12-17-26-13-8-6-9-14-26)23-31(28)38(33(30)40)24-27-15-10-7-11-16-27/h6-11,13-16,18,20,23,25,30H,12,17,19,21-22,24H2,1-5H3,(H,36,39)/t25-,30-/m0/s1. The predicted molar refractivity (Wildman–Crippen MR) is 168 cm³/mol. The van der Waals surface area contributed by atoms with Crippen LogP contribution < -0.4 is 15.0 Å². The minimum atomic E-state index is -0.827. The highest BCUT2D eigenvalue weighted by atomic mass is 16.6. The minimum Gasteiger partial charge on any atom is -0.494 e. The maximum absolute atomic E-state index is 14.1. The zero-order chi connectivity index (χ0) is 31.0. The average molecular weight is 586 g/mol. The third kappa shape index (κ3) is 8.83. The Hall–Kier alpha value is -4.33. The first kappa shape index (κ1) is 31.6. The van der Waals surface area contributed by atoms with Gasteiger partial charge in [-0.3, -0.25) is 14.5 Å². The molecule has 0 saturated heterocycles. The summed E-state index contributed by atoms with van der Waals surface area (Å²) in [6.07, 6.45) is 2.23. The van der Waals surface area contributed by atoms with Crippen molar-refractivity contribution in [2.45, 2.75) is 77.6 Å². The Morgan fingerprint density at radius 1 is 1.00 bits per heavy atom. The molecular formula is C35H43N3O5. The van der Waals surface area contributed by atoms with E-state index in [0.717, 1.165) is 29.7 Å². The lowest BCUT2D eigenvalue weighted by Crippen LogP contribution is -2.54. The molecule has 0 fully saturated rings. The Labute approximate surface area is 255 Å². The number of likely N-dealkylation sites (N-methyl/N-ethyl adjacent to an activating group) is 1. The van der Waals surface area contributed by atoms with Gasteiger partial charge in [-0.05, 0) is 76.1 Å². The topological polar surface area (TPSA) is 88.2 Å². The molecule has 43 heavy (non-hydrogen) atoms. The lowest BCUT2D eigenvalue weighted by molar-refractivity contribution is -0.130. The number of hydrogen-bond donors (Lipinski definition) is 1. The van der Waals surface area contributed by atoms with E-state index in [1.165, 1.54) is 17.5 Å². The minimum absolute atomic E-state index is 0.204. The largest absolute Gasteiger partial charge is 0.494 e. The second-order valence-electron chi connectivity index (χ2n) is 12.0. The Kier molecular flexibility index (Phi) is 10.5. The highest BCUT2D eigenvalue weighted by molar-refractivity contribution is 6.01. The van der Waals surface area contributed by atoms with E-state index in [9.17, 15) is 14.4 Å². The van der Waals surface area contributed by atoms with Crippen LogP contribution in [0.15, 0.2) is 78.9 Å². The van der Waals surface area contributed by atoms with E-state index in [2.05, 4.69) is 17.4 Å². The number of nitrogens with zero attached hydrogens (tertiary/aromatic N) is 2. The molecule has 0 bridgehead atoms.